The van der Waals surface area contributed by atoms with Crippen LogP contribution in [0.3, 0.4) is 0 Å². The van der Waals surface area contributed by atoms with E-state index in [4.69, 9.17) is 4.74 Å². The molecule has 0 aliphatic carbocycles. The fraction of sp³-hybridized carbons (Fsp3) is 0.217. The summed E-state index contributed by atoms with van der Waals surface area (Å²) in [6, 6.07) is 12.6. The lowest BCUT2D eigenvalue weighted by Gasteiger charge is -2.27. The number of benzene rings is 2. The molecule has 2 aromatic heterocycles. The molecule has 33 heavy (non-hydrogen) atoms. The van der Waals surface area contributed by atoms with Gasteiger partial charge in [0.1, 0.15) is 11.9 Å². The zero-order valence-corrected chi connectivity index (χ0v) is 17.9. The number of aromatic nitrogens is 3. The van der Waals surface area contributed by atoms with E-state index in [1.165, 1.54) is 23.7 Å². The maximum Gasteiger partial charge on any atom is 0.331 e. The lowest BCUT2D eigenvalue weighted by Crippen LogP contribution is -2.37. The van der Waals surface area contributed by atoms with Gasteiger partial charge in [0, 0.05) is 38.3 Å². The van der Waals surface area contributed by atoms with Crippen molar-refractivity contribution in [3.05, 3.63) is 90.7 Å². The summed E-state index contributed by atoms with van der Waals surface area (Å²) in [5.41, 5.74) is 1.71. The van der Waals surface area contributed by atoms with Crippen LogP contribution in [0.2, 0.25) is 0 Å². The number of rotatable bonds is 3. The van der Waals surface area contributed by atoms with Gasteiger partial charge in [-0.25, -0.2) is 4.79 Å². The number of fused-ring (bicyclic) bond motifs is 3. The van der Waals surface area contributed by atoms with Crippen molar-refractivity contribution in [3.63, 3.8) is 0 Å². The number of phenols is 1. The standard InChI is InChI=1S/C23H20N4O6/c1-24-19-17(22(29)25(2)23(24)30)18(14-4-3-5-15(12-14)27(31)32)26-10-11-33-21(20(19)26)13-6-8-16(28)9-7-13/h3-9,12,21,28H,10-11H2,1-2H3/t21-/m1/s1. The summed E-state index contributed by atoms with van der Waals surface area (Å²) in [6.07, 6.45) is -0.605. The number of phenolic OH excluding ortho intramolecular Hbond substituents is 1. The lowest BCUT2D eigenvalue weighted by molar-refractivity contribution is -0.384. The zero-order valence-electron chi connectivity index (χ0n) is 17.9. The second kappa shape index (κ2) is 7.45. The molecule has 3 heterocycles. The van der Waals surface area contributed by atoms with Crippen LogP contribution in [0, 0.1) is 10.1 Å². The van der Waals surface area contributed by atoms with Gasteiger partial charge in [-0.05, 0) is 17.7 Å². The molecule has 4 aromatic rings. The molecule has 0 bridgehead atoms. The molecular formula is C23H20N4O6. The third-order valence-electron chi connectivity index (χ3n) is 6.08. The molecule has 0 saturated carbocycles. The molecule has 0 saturated heterocycles. The van der Waals surface area contributed by atoms with E-state index in [0.717, 1.165) is 10.1 Å². The minimum atomic E-state index is -0.605. The fourth-order valence-electron chi connectivity index (χ4n) is 4.55. The number of non-ortho nitro benzene ring substituents is 1. The van der Waals surface area contributed by atoms with E-state index < -0.39 is 22.3 Å². The zero-order chi connectivity index (χ0) is 23.4. The smallest absolute Gasteiger partial charge is 0.331 e. The number of hydrogen-bond donors (Lipinski definition) is 1. The number of nitro benzene ring substituents is 1. The van der Waals surface area contributed by atoms with E-state index >= 15 is 0 Å². The van der Waals surface area contributed by atoms with Gasteiger partial charge in [0.2, 0.25) is 0 Å². The van der Waals surface area contributed by atoms with Crippen molar-refractivity contribution in [2.24, 2.45) is 14.1 Å². The first-order valence-corrected chi connectivity index (χ1v) is 10.3. The Morgan fingerprint density at radius 3 is 2.52 bits per heavy atom. The topological polar surface area (TPSA) is 122 Å². The Bertz CT molecular complexity index is 1540. The summed E-state index contributed by atoms with van der Waals surface area (Å²) in [4.78, 5) is 37.1. The third kappa shape index (κ3) is 3.06. The Hall–Kier alpha value is -4.18. The van der Waals surface area contributed by atoms with Crippen LogP contribution in [0.25, 0.3) is 22.2 Å². The number of ether oxygens (including phenoxy) is 1. The van der Waals surface area contributed by atoms with Gasteiger partial charge in [-0.3, -0.25) is 24.0 Å². The quantitative estimate of drug-likeness (QED) is 0.380. The molecule has 1 aliphatic heterocycles. The van der Waals surface area contributed by atoms with Crippen molar-refractivity contribution in [2.45, 2.75) is 12.6 Å². The summed E-state index contributed by atoms with van der Waals surface area (Å²) < 4.78 is 10.4. The summed E-state index contributed by atoms with van der Waals surface area (Å²) in [6.45, 7) is 0.726. The maximum atomic E-state index is 13.3. The van der Waals surface area contributed by atoms with Crippen LogP contribution >= 0.6 is 0 Å². The Morgan fingerprint density at radius 1 is 1.09 bits per heavy atom. The van der Waals surface area contributed by atoms with E-state index in [2.05, 4.69) is 0 Å². The van der Waals surface area contributed by atoms with Crippen LogP contribution in [0.4, 0.5) is 5.69 Å². The largest absolute Gasteiger partial charge is 0.508 e. The molecule has 10 nitrogen and oxygen atoms in total. The van der Waals surface area contributed by atoms with Crippen LogP contribution in [0.15, 0.2) is 58.1 Å². The molecule has 168 valence electrons. The highest BCUT2D eigenvalue weighted by atomic mass is 16.6. The first kappa shape index (κ1) is 20.7. The van der Waals surface area contributed by atoms with Gasteiger partial charge in [-0.2, -0.15) is 0 Å². The third-order valence-corrected chi connectivity index (χ3v) is 6.08. The van der Waals surface area contributed by atoms with Crippen LogP contribution in [-0.4, -0.2) is 30.3 Å². The highest BCUT2D eigenvalue weighted by Crippen LogP contribution is 2.41. The van der Waals surface area contributed by atoms with E-state index in [-0.39, 0.29) is 11.4 Å². The van der Waals surface area contributed by atoms with Gasteiger partial charge in [0.25, 0.3) is 11.2 Å². The Labute approximate surface area is 186 Å². The normalized spacial score (nSPS) is 15.5. The second-order valence-electron chi connectivity index (χ2n) is 7.96. The number of aromatic hydroxyl groups is 1. The molecule has 1 atom stereocenters. The van der Waals surface area contributed by atoms with Crippen LogP contribution in [0.5, 0.6) is 5.75 Å². The Kier molecular flexibility index (Phi) is 4.68. The molecule has 0 amide bonds. The van der Waals surface area contributed by atoms with E-state index in [9.17, 15) is 24.8 Å². The molecule has 2 aromatic carbocycles. The van der Waals surface area contributed by atoms with Gasteiger partial charge < -0.3 is 14.4 Å². The summed E-state index contributed by atoms with van der Waals surface area (Å²) in [5, 5.41) is 21.4. The molecule has 0 spiro atoms. The Balaban J connectivity index is 1.93. The van der Waals surface area contributed by atoms with Crippen molar-refractivity contribution in [1.82, 2.24) is 13.7 Å². The summed E-state index contributed by atoms with van der Waals surface area (Å²) >= 11 is 0. The molecule has 0 fully saturated rings. The molecule has 0 unspecified atom stereocenters. The summed E-state index contributed by atoms with van der Waals surface area (Å²) in [7, 11) is 3.00. The number of aryl methyl sites for hydroxylation is 1. The lowest BCUT2D eigenvalue weighted by atomic mass is 10.0. The molecule has 10 heteroatoms. The van der Waals surface area contributed by atoms with Crippen molar-refractivity contribution in [3.8, 4) is 17.0 Å². The van der Waals surface area contributed by atoms with Crippen molar-refractivity contribution in [1.29, 1.82) is 0 Å². The first-order valence-electron chi connectivity index (χ1n) is 10.3. The second-order valence-corrected chi connectivity index (χ2v) is 7.96. The predicted octanol–water partition coefficient (Wildman–Crippen LogP) is 2.44. The summed E-state index contributed by atoms with van der Waals surface area (Å²) in [5.74, 6) is 0.105. The highest BCUT2D eigenvalue weighted by molar-refractivity contribution is 5.96. The van der Waals surface area contributed by atoms with Gasteiger partial charge in [-0.1, -0.05) is 24.3 Å². The van der Waals surface area contributed by atoms with E-state index in [0.29, 0.717) is 41.0 Å². The molecule has 0 radical (unpaired) electrons. The maximum absolute atomic E-state index is 13.3. The van der Waals surface area contributed by atoms with E-state index in [1.807, 2.05) is 4.57 Å². The first-order chi connectivity index (χ1) is 15.8. The van der Waals surface area contributed by atoms with Crippen molar-refractivity contribution >= 4 is 16.6 Å². The van der Waals surface area contributed by atoms with Crippen LogP contribution in [0.1, 0.15) is 17.4 Å². The highest BCUT2D eigenvalue weighted by Gasteiger charge is 2.33. The Morgan fingerprint density at radius 2 is 1.82 bits per heavy atom. The van der Waals surface area contributed by atoms with Gasteiger partial charge in [0.15, 0.2) is 0 Å². The number of hydrogen-bond acceptors (Lipinski definition) is 6. The predicted molar refractivity (Wildman–Crippen MR) is 120 cm³/mol. The van der Waals surface area contributed by atoms with Crippen LogP contribution < -0.4 is 11.2 Å². The van der Waals surface area contributed by atoms with Crippen LogP contribution in [-0.2, 0) is 25.4 Å². The van der Waals surface area contributed by atoms with Gasteiger partial charge >= 0.3 is 5.69 Å². The fourth-order valence-corrected chi connectivity index (χ4v) is 4.55. The molecule has 1 N–H and O–H groups in total. The van der Waals surface area contributed by atoms with Crippen molar-refractivity contribution in [2.75, 3.05) is 6.61 Å². The molecular weight excluding hydrogens is 428 g/mol. The van der Waals surface area contributed by atoms with Gasteiger partial charge in [0.05, 0.1) is 33.8 Å². The average molecular weight is 448 g/mol. The number of nitro groups is 1. The average Bonchev–Trinajstić information content (AvgIpc) is 3.17. The molecule has 1 aliphatic rings. The minimum Gasteiger partial charge on any atom is -0.508 e. The van der Waals surface area contributed by atoms with Crippen molar-refractivity contribution < 1.29 is 14.8 Å². The molecule has 5 rings (SSSR count). The van der Waals surface area contributed by atoms with Gasteiger partial charge in [-0.15, -0.1) is 0 Å². The SMILES string of the molecule is Cn1c(=O)c2c(-c3cccc([N+](=O)[O-])c3)n3c(c2n(C)c1=O)[C@@H](c1ccc(O)cc1)OCC3. The monoisotopic (exact) mass is 448 g/mol. The minimum absolute atomic E-state index is 0.0972. The van der Waals surface area contributed by atoms with E-state index in [1.54, 1.807) is 43.4 Å². The number of nitrogens with zero attached hydrogens (tertiary/aromatic N) is 4.